The maximum absolute atomic E-state index is 9.51. The standard InChI is InChI=1S/C12H19NO2/c1-4-12(3,5-2)8-6-9(13)11(15)10(14)7-8/h6-7,14-15H,4-5,13H2,1-3H3. The van der Waals surface area contributed by atoms with Crippen LogP contribution in [0, 0.1) is 0 Å². The summed E-state index contributed by atoms with van der Waals surface area (Å²) in [6.45, 7) is 6.32. The second-order valence-corrected chi connectivity index (χ2v) is 4.20. The molecule has 1 aromatic carbocycles. The molecule has 0 fully saturated rings. The molecule has 84 valence electrons. The summed E-state index contributed by atoms with van der Waals surface area (Å²) in [7, 11) is 0. The normalized spacial score (nSPS) is 11.7. The highest BCUT2D eigenvalue weighted by molar-refractivity contribution is 5.61. The van der Waals surface area contributed by atoms with Gasteiger partial charge in [0.2, 0.25) is 0 Å². The van der Waals surface area contributed by atoms with Gasteiger partial charge in [0, 0.05) is 0 Å². The van der Waals surface area contributed by atoms with Crippen LogP contribution in [0.3, 0.4) is 0 Å². The maximum atomic E-state index is 9.51. The van der Waals surface area contributed by atoms with E-state index >= 15 is 0 Å². The third-order valence-electron chi connectivity index (χ3n) is 3.38. The number of hydrogen-bond acceptors (Lipinski definition) is 3. The first-order chi connectivity index (χ1) is 6.94. The van der Waals surface area contributed by atoms with Gasteiger partial charge in [-0.2, -0.15) is 0 Å². The summed E-state index contributed by atoms with van der Waals surface area (Å²) in [4.78, 5) is 0. The Hall–Kier alpha value is -1.38. The molecule has 0 aliphatic rings. The summed E-state index contributed by atoms with van der Waals surface area (Å²) in [5.41, 5.74) is 6.82. The minimum Gasteiger partial charge on any atom is -0.504 e. The predicted octanol–water partition coefficient (Wildman–Crippen LogP) is 2.76. The van der Waals surface area contributed by atoms with Crippen molar-refractivity contribution in [3.63, 3.8) is 0 Å². The lowest BCUT2D eigenvalue weighted by atomic mass is 9.77. The van der Waals surface area contributed by atoms with Gasteiger partial charge in [0.25, 0.3) is 0 Å². The number of rotatable bonds is 3. The predicted molar refractivity (Wildman–Crippen MR) is 62.1 cm³/mol. The highest BCUT2D eigenvalue weighted by atomic mass is 16.3. The van der Waals surface area contributed by atoms with E-state index in [2.05, 4.69) is 20.8 Å². The van der Waals surface area contributed by atoms with E-state index in [1.54, 1.807) is 12.1 Å². The van der Waals surface area contributed by atoms with E-state index in [0.29, 0.717) is 0 Å². The quantitative estimate of drug-likeness (QED) is 0.529. The van der Waals surface area contributed by atoms with Crippen molar-refractivity contribution in [3.05, 3.63) is 17.7 Å². The number of phenols is 2. The van der Waals surface area contributed by atoms with Crippen LogP contribution >= 0.6 is 0 Å². The van der Waals surface area contributed by atoms with E-state index in [9.17, 15) is 10.2 Å². The molecular weight excluding hydrogens is 190 g/mol. The number of benzene rings is 1. The average Bonchev–Trinajstić information content (AvgIpc) is 2.24. The van der Waals surface area contributed by atoms with E-state index in [4.69, 9.17) is 5.73 Å². The number of phenolic OH excluding ortho intramolecular Hbond substituents is 2. The summed E-state index contributed by atoms with van der Waals surface area (Å²) < 4.78 is 0. The molecule has 0 heterocycles. The maximum Gasteiger partial charge on any atom is 0.180 e. The van der Waals surface area contributed by atoms with Crippen LogP contribution in [0.5, 0.6) is 11.5 Å². The van der Waals surface area contributed by atoms with E-state index in [0.717, 1.165) is 18.4 Å². The number of hydrogen-bond donors (Lipinski definition) is 3. The molecule has 3 heteroatoms. The van der Waals surface area contributed by atoms with Crippen LogP contribution in [0.4, 0.5) is 5.69 Å². The molecule has 15 heavy (non-hydrogen) atoms. The Bertz CT molecular complexity index is 334. The van der Waals surface area contributed by atoms with Crippen molar-refractivity contribution in [2.45, 2.75) is 39.0 Å². The van der Waals surface area contributed by atoms with Crippen LogP contribution in [-0.4, -0.2) is 10.2 Å². The van der Waals surface area contributed by atoms with Gasteiger partial charge in [-0.15, -0.1) is 0 Å². The minimum atomic E-state index is -0.228. The molecule has 0 aliphatic carbocycles. The Morgan fingerprint density at radius 3 is 2.13 bits per heavy atom. The molecule has 0 unspecified atom stereocenters. The fraction of sp³-hybridized carbons (Fsp3) is 0.500. The summed E-state index contributed by atoms with van der Waals surface area (Å²) in [6.07, 6.45) is 1.93. The zero-order chi connectivity index (χ0) is 11.6. The monoisotopic (exact) mass is 209 g/mol. The lowest BCUT2D eigenvalue weighted by Gasteiger charge is -2.28. The molecular formula is C12H19NO2. The zero-order valence-corrected chi connectivity index (χ0v) is 9.54. The van der Waals surface area contributed by atoms with Crippen molar-refractivity contribution < 1.29 is 10.2 Å². The summed E-state index contributed by atoms with van der Waals surface area (Å²) >= 11 is 0. The van der Waals surface area contributed by atoms with Gasteiger partial charge in [0.1, 0.15) is 0 Å². The van der Waals surface area contributed by atoms with Gasteiger partial charge in [-0.25, -0.2) is 0 Å². The van der Waals surface area contributed by atoms with Crippen molar-refractivity contribution in [3.8, 4) is 11.5 Å². The number of aromatic hydroxyl groups is 2. The van der Waals surface area contributed by atoms with E-state index in [1.807, 2.05) is 0 Å². The Balaban J connectivity index is 3.27. The first kappa shape index (κ1) is 11.7. The van der Waals surface area contributed by atoms with Crippen molar-refractivity contribution in [1.82, 2.24) is 0 Å². The fourth-order valence-corrected chi connectivity index (χ4v) is 1.65. The highest BCUT2D eigenvalue weighted by Gasteiger charge is 2.24. The van der Waals surface area contributed by atoms with Gasteiger partial charge >= 0.3 is 0 Å². The lowest BCUT2D eigenvalue weighted by Crippen LogP contribution is -2.19. The molecule has 0 spiro atoms. The second-order valence-electron chi connectivity index (χ2n) is 4.20. The van der Waals surface area contributed by atoms with Crippen LogP contribution in [0.1, 0.15) is 39.2 Å². The molecule has 0 radical (unpaired) electrons. The smallest absolute Gasteiger partial charge is 0.180 e. The summed E-state index contributed by atoms with van der Waals surface area (Å²) in [5.74, 6) is -0.369. The van der Waals surface area contributed by atoms with Crippen LogP contribution in [-0.2, 0) is 5.41 Å². The largest absolute Gasteiger partial charge is 0.504 e. The van der Waals surface area contributed by atoms with Crippen molar-refractivity contribution in [2.24, 2.45) is 0 Å². The van der Waals surface area contributed by atoms with Gasteiger partial charge < -0.3 is 15.9 Å². The molecule has 1 aromatic rings. The van der Waals surface area contributed by atoms with Gasteiger partial charge in [-0.3, -0.25) is 0 Å². The SMILES string of the molecule is CCC(C)(CC)c1cc(N)c(O)c(O)c1. The lowest BCUT2D eigenvalue weighted by molar-refractivity contribution is 0.397. The van der Waals surface area contributed by atoms with Crippen molar-refractivity contribution in [1.29, 1.82) is 0 Å². The Labute approximate surface area is 90.5 Å². The molecule has 3 nitrogen and oxygen atoms in total. The minimum absolute atomic E-state index is 0.000694. The fourth-order valence-electron chi connectivity index (χ4n) is 1.65. The molecule has 0 aromatic heterocycles. The van der Waals surface area contributed by atoms with E-state index in [1.165, 1.54) is 0 Å². The molecule has 0 atom stereocenters. The van der Waals surface area contributed by atoms with Crippen LogP contribution < -0.4 is 5.73 Å². The van der Waals surface area contributed by atoms with Gasteiger partial charge in [0.15, 0.2) is 11.5 Å². The molecule has 0 amide bonds. The third-order valence-corrected chi connectivity index (χ3v) is 3.38. The van der Waals surface area contributed by atoms with Crippen LogP contribution in [0.25, 0.3) is 0 Å². The Morgan fingerprint density at radius 2 is 1.73 bits per heavy atom. The zero-order valence-electron chi connectivity index (χ0n) is 9.54. The molecule has 0 saturated heterocycles. The van der Waals surface area contributed by atoms with Gasteiger partial charge in [-0.1, -0.05) is 20.8 Å². The van der Waals surface area contributed by atoms with Crippen molar-refractivity contribution in [2.75, 3.05) is 5.73 Å². The van der Waals surface area contributed by atoms with E-state index in [-0.39, 0.29) is 22.6 Å². The highest BCUT2D eigenvalue weighted by Crippen LogP contribution is 2.39. The average molecular weight is 209 g/mol. The van der Waals surface area contributed by atoms with Gasteiger partial charge in [-0.05, 0) is 36.0 Å². The topological polar surface area (TPSA) is 66.5 Å². The van der Waals surface area contributed by atoms with Crippen LogP contribution in [0.15, 0.2) is 12.1 Å². The molecule has 0 saturated carbocycles. The second kappa shape index (κ2) is 4.01. The Kier molecular flexibility index (Phi) is 3.12. The van der Waals surface area contributed by atoms with Crippen molar-refractivity contribution >= 4 is 5.69 Å². The number of nitrogen functional groups attached to an aromatic ring is 1. The Morgan fingerprint density at radius 1 is 1.20 bits per heavy atom. The first-order valence-electron chi connectivity index (χ1n) is 5.26. The number of nitrogens with two attached hydrogens (primary N) is 1. The number of anilines is 1. The third kappa shape index (κ3) is 2.01. The first-order valence-corrected chi connectivity index (χ1v) is 5.26. The van der Waals surface area contributed by atoms with Crippen LogP contribution in [0.2, 0.25) is 0 Å². The molecule has 0 aliphatic heterocycles. The van der Waals surface area contributed by atoms with E-state index < -0.39 is 0 Å². The molecule has 0 bridgehead atoms. The van der Waals surface area contributed by atoms with Gasteiger partial charge in [0.05, 0.1) is 5.69 Å². The molecule has 4 N–H and O–H groups in total. The molecule has 1 rings (SSSR count). The summed E-state index contributed by atoms with van der Waals surface area (Å²) in [5, 5.41) is 18.9. The summed E-state index contributed by atoms with van der Waals surface area (Å²) in [6, 6.07) is 3.33.